The summed E-state index contributed by atoms with van der Waals surface area (Å²) < 4.78 is 7.03. The molecular weight excluding hydrogens is 683 g/mol. The van der Waals surface area contributed by atoms with Crippen LogP contribution in [0.2, 0.25) is 0 Å². The quantitative estimate of drug-likeness (QED) is 0.153. The van der Waals surface area contributed by atoms with E-state index in [-0.39, 0.29) is 5.54 Å². The van der Waals surface area contributed by atoms with E-state index >= 15 is 0 Å². The Kier molecular flexibility index (Phi) is 8.61. The topological polar surface area (TPSA) is 30.9 Å². The van der Waals surface area contributed by atoms with Gasteiger partial charge in [0.05, 0.1) is 27.9 Å². The average Bonchev–Trinajstić information content (AvgIpc) is 3.76. The van der Waals surface area contributed by atoms with Gasteiger partial charge < -0.3 is 4.90 Å². The minimum absolute atomic E-state index is 0.0766. The first-order valence-corrected chi connectivity index (χ1v) is 19.7. The molecule has 0 saturated heterocycles. The molecule has 0 radical (unpaired) electrons. The van der Waals surface area contributed by atoms with Crippen LogP contribution in [0, 0.1) is 13.8 Å². The van der Waals surface area contributed by atoms with E-state index in [0.29, 0.717) is 5.92 Å². The summed E-state index contributed by atoms with van der Waals surface area (Å²) in [6.45, 7) is 15.7. The predicted octanol–water partition coefficient (Wildman–Crippen LogP) is 13.8. The zero-order valence-electron chi connectivity index (χ0n) is 33.3. The standard InChI is InChI=1S/C51H48N5/c1-34(2)41-20-8-9-21-42(41)37-28-29-52-49(30-37)56-45-23-11-10-22-43(45)44-27-26-40(32-48(44)56)55(50-35(3)16-14-17-36(50)4)39-19-15-18-38(31-39)53-33-54(51(5,6)7)47-25-13-12-24-46(47)53/h8-34H,1-7H3/q+1. The Labute approximate surface area is 329 Å². The van der Waals surface area contributed by atoms with Gasteiger partial charge in [0.25, 0.3) is 0 Å². The maximum atomic E-state index is 5.04. The van der Waals surface area contributed by atoms with Crippen molar-refractivity contribution >= 4 is 49.9 Å². The van der Waals surface area contributed by atoms with Gasteiger partial charge in [0.2, 0.25) is 0 Å². The molecule has 56 heavy (non-hydrogen) atoms. The highest BCUT2D eigenvalue weighted by atomic mass is 15.2. The lowest BCUT2D eigenvalue weighted by Gasteiger charge is -2.29. The SMILES string of the molecule is Cc1cccc(C)c1N(c1cccc(-n2[cH+]n(C(C)(C)C)c3ccccc32)c1)c1ccc2c3ccccc3n(-c3cc(-c4ccccc4C(C)C)ccn3)c2c1. The van der Waals surface area contributed by atoms with Gasteiger partial charge in [-0.15, -0.1) is 0 Å². The van der Waals surface area contributed by atoms with Gasteiger partial charge in [-0.3, -0.25) is 4.57 Å². The van der Waals surface area contributed by atoms with E-state index in [1.807, 2.05) is 6.20 Å². The second-order valence-electron chi connectivity index (χ2n) is 16.3. The predicted molar refractivity (Wildman–Crippen MR) is 236 cm³/mol. The van der Waals surface area contributed by atoms with Crippen LogP contribution in [0.4, 0.5) is 17.1 Å². The molecule has 0 amide bonds. The normalized spacial score (nSPS) is 12.0. The number of hydrogen-bond donors (Lipinski definition) is 0. The van der Waals surface area contributed by atoms with Crippen LogP contribution < -0.4 is 4.90 Å². The van der Waals surface area contributed by atoms with E-state index in [2.05, 4.69) is 219 Å². The number of fused-ring (bicyclic) bond motifs is 4. The first-order valence-electron chi connectivity index (χ1n) is 19.7. The van der Waals surface area contributed by atoms with E-state index in [4.69, 9.17) is 4.98 Å². The van der Waals surface area contributed by atoms with E-state index in [1.165, 1.54) is 55.3 Å². The summed E-state index contributed by atoms with van der Waals surface area (Å²) in [5.41, 5.74) is 15.2. The number of anilines is 3. The van der Waals surface area contributed by atoms with Gasteiger partial charge in [0, 0.05) is 46.9 Å². The summed E-state index contributed by atoms with van der Waals surface area (Å²) in [5, 5.41) is 2.40. The molecule has 0 unspecified atom stereocenters. The van der Waals surface area contributed by atoms with Crippen molar-refractivity contribution in [2.24, 2.45) is 0 Å². The Balaban J connectivity index is 1.26. The van der Waals surface area contributed by atoms with Gasteiger partial charge in [0.15, 0.2) is 17.4 Å². The Morgan fingerprint density at radius 2 is 1.27 bits per heavy atom. The van der Waals surface area contributed by atoms with Crippen LogP contribution in [0.5, 0.6) is 0 Å². The Morgan fingerprint density at radius 1 is 0.607 bits per heavy atom. The smallest absolute Gasteiger partial charge is 0.191 e. The number of aryl methyl sites for hydroxylation is 2. The molecule has 0 N–H and O–H groups in total. The van der Waals surface area contributed by atoms with Crippen LogP contribution in [-0.2, 0) is 5.54 Å². The fraction of sp³-hybridized carbons (Fsp3) is 0.176. The van der Waals surface area contributed by atoms with Gasteiger partial charge in [-0.05, 0) is 123 Å². The molecule has 5 heteroatoms. The highest BCUT2D eigenvalue weighted by Gasteiger charge is 2.26. The van der Waals surface area contributed by atoms with Crippen molar-refractivity contribution < 1.29 is 0 Å². The summed E-state index contributed by atoms with van der Waals surface area (Å²) in [6, 6.07) is 52.9. The molecule has 0 spiro atoms. The van der Waals surface area contributed by atoms with Crippen LogP contribution in [0.3, 0.4) is 0 Å². The maximum absolute atomic E-state index is 5.04. The van der Waals surface area contributed by atoms with E-state index < -0.39 is 0 Å². The number of nitrogens with zero attached hydrogens (tertiary/aromatic N) is 5. The second-order valence-corrected chi connectivity index (χ2v) is 16.3. The molecule has 0 bridgehead atoms. The molecule has 6 aromatic carbocycles. The van der Waals surface area contributed by atoms with Crippen molar-refractivity contribution in [1.29, 1.82) is 0 Å². The van der Waals surface area contributed by atoms with E-state index in [9.17, 15) is 0 Å². The van der Waals surface area contributed by atoms with Gasteiger partial charge in [-0.25, -0.2) is 9.55 Å². The number of rotatable bonds is 7. The molecule has 3 aromatic heterocycles. The monoisotopic (exact) mass is 730 g/mol. The number of aromatic nitrogens is 4. The van der Waals surface area contributed by atoms with Crippen LogP contribution in [0.15, 0.2) is 158 Å². The van der Waals surface area contributed by atoms with Crippen molar-refractivity contribution in [3.63, 3.8) is 0 Å². The summed E-state index contributed by atoms with van der Waals surface area (Å²) in [6.07, 6.45) is 4.20. The summed E-state index contributed by atoms with van der Waals surface area (Å²) in [7, 11) is 0. The van der Waals surface area contributed by atoms with Gasteiger partial charge in [0.1, 0.15) is 11.5 Å². The minimum atomic E-state index is -0.0766. The lowest BCUT2D eigenvalue weighted by Crippen LogP contribution is -2.20. The van der Waals surface area contributed by atoms with E-state index in [1.54, 1.807) is 0 Å². The highest BCUT2D eigenvalue weighted by molar-refractivity contribution is 6.10. The third kappa shape index (κ3) is 5.95. The lowest BCUT2D eigenvalue weighted by molar-refractivity contribution is 0.406. The number of pyridine rings is 1. The van der Waals surface area contributed by atoms with Gasteiger partial charge >= 0.3 is 0 Å². The molecule has 0 fully saturated rings. The average molecular weight is 731 g/mol. The van der Waals surface area contributed by atoms with Crippen molar-refractivity contribution in [2.45, 2.75) is 59.9 Å². The summed E-state index contributed by atoms with van der Waals surface area (Å²) in [4.78, 5) is 7.47. The zero-order valence-corrected chi connectivity index (χ0v) is 33.3. The molecule has 5 nitrogen and oxygen atoms in total. The first kappa shape index (κ1) is 35.3. The molecule has 9 rings (SSSR count). The summed E-state index contributed by atoms with van der Waals surface area (Å²) in [5.74, 6) is 1.31. The number of para-hydroxylation sites is 4. The van der Waals surface area contributed by atoms with Crippen molar-refractivity contribution in [1.82, 2.24) is 18.7 Å². The first-order chi connectivity index (χ1) is 27.1. The van der Waals surface area contributed by atoms with Crippen LogP contribution in [0.25, 0.3) is 55.5 Å². The third-order valence-electron chi connectivity index (χ3n) is 11.2. The van der Waals surface area contributed by atoms with Gasteiger partial charge in [-0.1, -0.05) is 80.6 Å². The minimum Gasteiger partial charge on any atom is -0.309 e. The van der Waals surface area contributed by atoms with Crippen LogP contribution in [0.1, 0.15) is 57.2 Å². The molecule has 0 atom stereocenters. The Morgan fingerprint density at radius 3 is 2.04 bits per heavy atom. The van der Waals surface area contributed by atoms with Crippen molar-refractivity contribution in [3.8, 4) is 22.6 Å². The molecule has 0 aliphatic rings. The molecule has 0 aliphatic carbocycles. The van der Waals surface area contributed by atoms with Gasteiger partial charge in [-0.2, -0.15) is 4.57 Å². The number of hydrogen-bond acceptors (Lipinski definition) is 2. The van der Waals surface area contributed by atoms with Crippen LogP contribution in [-0.4, -0.2) is 18.7 Å². The fourth-order valence-electron chi connectivity index (χ4n) is 8.52. The molecule has 0 saturated carbocycles. The van der Waals surface area contributed by atoms with E-state index in [0.717, 1.165) is 33.9 Å². The largest absolute Gasteiger partial charge is 0.309 e. The lowest BCUT2D eigenvalue weighted by atomic mass is 9.93. The molecule has 276 valence electrons. The maximum Gasteiger partial charge on any atom is 0.191 e. The molecule has 0 aliphatic heterocycles. The fourth-order valence-corrected chi connectivity index (χ4v) is 8.52. The molecule has 3 heterocycles. The van der Waals surface area contributed by atoms with Crippen LogP contribution >= 0.6 is 0 Å². The molecular formula is C51H48N5+. The Hall–Kier alpha value is -6.46. The second kappa shape index (κ2) is 13.7. The molecule has 9 aromatic rings. The zero-order chi connectivity index (χ0) is 38.7. The van der Waals surface area contributed by atoms with Crippen molar-refractivity contribution in [3.05, 3.63) is 175 Å². The van der Waals surface area contributed by atoms with Crippen molar-refractivity contribution in [2.75, 3.05) is 4.90 Å². The number of imidazole rings is 1. The highest BCUT2D eigenvalue weighted by Crippen LogP contribution is 2.43. The number of benzene rings is 6. The Bertz CT molecular complexity index is 2900. The third-order valence-corrected chi connectivity index (χ3v) is 11.2. The summed E-state index contributed by atoms with van der Waals surface area (Å²) >= 11 is 0.